The molecule has 0 saturated heterocycles. The Hall–Kier alpha value is -2.55. The summed E-state index contributed by atoms with van der Waals surface area (Å²) >= 11 is 4.06. The maximum Gasteiger partial charge on any atom is 0.290 e. The average molecular weight is 792 g/mol. The summed E-state index contributed by atoms with van der Waals surface area (Å²) in [6.07, 6.45) is -2.50. The Bertz CT molecular complexity index is 1340. The number of rotatable bonds is 10. The fourth-order valence-corrected chi connectivity index (χ4v) is 6.13. The predicted molar refractivity (Wildman–Crippen MR) is 171 cm³/mol. The Labute approximate surface area is 266 Å². The molecule has 0 spiro atoms. The highest BCUT2D eigenvalue weighted by atomic mass is 127. The van der Waals surface area contributed by atoms with Crippen LogP contribution in [0.2, 0.25) is 0 Å². The fourth-order valence-electron chi connectivity index (χ4n) is 4.62. The van der Waals surface area contributed by atoms with Crippen molar-refractivity contribution in [2.45, 2.75) is 39.8 Å². The Morgan fingerprint density at radius 1 is 0.902 bits per heavy atom. The monoisotopic (exact) mass is 792 g/mol. The molecule has 4 atom stereocenters. The number of methoxy groups -OCH3 is 4. The first-order valence-electron chi connectivity index (χ1n) is 12.8. The molecule has 4 rings (SSSR count). The third-order valence-corrected chi connectivity index (χ3v) is 8.97. The maximum atomic E-state index is 16.2. The molecule has 0 N–H and O–H groups in total. The third-order valence-electron chi connectivity index (χ3n) is 6.84. The normalized spacial score (nSPS) is 20.9. The van der Waals surface area contributed by atoms with Gasteiger partial charge >= 0.3 is 0 Å². The lowest BCUT2D eigenvalue weighted by Crippen LogP contribution is -2.52. The van der Waals surface area contributed by atoms with Gasteiger partial charge in [0, 0.05) is 32.7 Å². The second-order valence-electron chi connectivity index (χ2n) is 9.42. The Morgan fingerprint density at radius 2 is 1.44 bits per heavy atom. The fraction of sp³-hybridized carbons (Fsp3) is 0.367. The zero-order valence-electron chi connectivity index (χ0n) is 23.4. The van der Waals surface area contributed by atoms with Gasteiger partial charge < -0.3 is 28.6 Å². The van der Waals surface area contributed by atoms with E-state index in [1.165, 1.54) is 6.07 Å². The van der Waals surface area contributed by atoms with Crippen molar-refractivity contribution in [1.82, 2.24) is 4.90 Å². The van der Waals surface area contributed by atoms with E-state index in [9.17, 15) is 0 Å². The van der Waals surface area contributed by atoms with Crippen molar-refractivity contribution in [1.29, 1.82) is 0 Å². The van der Waals surface area contributed by atoms with E-state index >= 15 is 8.78 Å². The van der Waals surface area contributed by atoms with Crippen LogP contribution in [0.1, 0.15) is 23.6 Å². The molecule has 0 amide bonds. The van der Waals surface area contributed by atoms with E-state index in [0.29, 0.717) is 23.0 Å². The van der Waals surface area contributed by atoms with Gasteiger partial charge in [-0.2, -0.15) is 0 Å². The first-order chi connectivity index (χ1) is 19.6. The van der Waals surface area contributed by atoms with Crippen LogP contribution >= 0.6 is 45.2 Å². The summed E-state index contributed by atoms with van der Waals surface area (Å²) in [5, 5.41) is 0. The lowest BCUT2D eigenvalue weighted by atomic mass is 9.96. The van der Waals surface area contributed by atoms with E-state index in [0.717, 1.165) is 11.1 Å². The molecular weight excluding hydrogens is 760 g/mol. The van der Waals surface area contributed by atoms with Crippen molar-refractivity contribution in [3.05, 3.63) is 83.2 Å². The van der Waals surface area contributed by atoms with Crippen molar-refractivity contribution in [3.63, 3.8) is 0 Å². The molecule has 0 aliphatic carbocycles. The van der Waals surface area contributed by atoms with Crippen molar-refractivity contribution < 1.29 is 32.5 Å². The zero-order valence-corrected chi connectivity index (χ0v) is 27.7. The molecule has 11 heteroatoms. The number of nitrogens with zero attached hydrogens (tertiary/aromatic N) is 2. The molecule has 3 aromatic rings. The molecule has 0 unspecified atom stereocenters. The molecule has 41 heavy (non-hydrogen) atoms. The quantitative estimate of drug-likeness (QED) is 0.125. The van der Waals surface area contributed by atoms with Crippen LogP contribution in [0.25, 0.3) is 0 Å². The molecule has 1 aliphatic heterocycles. The topological polar surface area (TPSA) is 61.8 Å². The summed E-state index contributed by atoms with van der Waals surface area (Å²) in [5.74, 6) is 1.96. The lowest BCUT2D eigenvalue weighted by molar-refractivity contribution is 0.0317. The van der Waals surface area contributed by atoms with E-state index in [2.05, 4.69) is 22.6 Å². The standard InChI is InChI=1S/C30H32F2I2N2O5/c1-18(33)27-28(32)30(34,23-8-6-7-9-24(23)31)35-29(41-27)36(16-19-10-12-21(37-2)14-25(19)39-4)17-20-11-13-22(38-3)15-26(20)40-5/h6-15,18,27-28H,16-17H2,1-5H3/t18-,27+,28-,30+/m0/s1. The van der Waals surface area contributed by atoms with Crippen molar-refractivity contribution in [3.8, 4) is 23.0 Å². The molecule has 3 aromatic carbocycles. The molecule has 0 radical (unpaired) electrons. The highest BCUT2D eigenvalue weighted by Gasteiger charge is 2.51. The van der Waals surface area contributed by atoms with Gasteiger partial charge in [0.15, 0.2) is 9.72 Å². The summed E-state index contributed by atoms with van der Waals surface area (Å²) in [7, 11) is 6.34. The zero-order chi connectivity index (χ0) is 29.7. The van der Waals surface area contributed by atoms with Crippen LogP contribution in [-0.2, 0) is 21.4 Å². The molecule has 0 saturated carbocycles. The maximum absolute atomic E-state index is 16.2. The van der Waals surface area contributed by atoms with Gasteiger partial charge in [-0.1, -0.05) is 40.8 Å². The Kier molecular flexibility index (Phi) is 10.4. The number of alkyl halides is 3. The summed E-state index contributed by atoms with van der Waals surface area (Å²) in [4.78, 5) is 6.66. The van der Waals surface area contributed by atoms with Crippen molar-refractivity contribution >= 4 is 51.2 Å². The van der Waals surface area contributed by atoms with Gasteiger partial charge in [0.1, 0.15) is 34.9 Å². The van der Waals surface area contributed by atoms with Crippen molar-refractivity contribution in [2.75, 3.05) is 28.4 Å². The number of hydrogen-bond donors (Lipinski definition) is 0. The average Bonchev–Trinajstić information content (AvgIpc) is 2.98. The minimum Gasteiger partial charge on any atom is -0.497 e. The van der Waals surface area contributed by atoms with Crippen molar-refractivity contribution in [2.24, 2.45) is 4.99 Å². The molecule has 0 aromatic heterocycles. The largest absolute Gasteiger partial charge is 0.497 e. The highest BCUT2D eigenvalue weighted by molar-refractivity contribution is 14.1. The van der Waals surface area contributed by atoms with Gasteiger partial charge in [0.2, 0.25) is 0 Å². The van der Waals surface area contributed by atoms with Crippen LogP contribution in [0, 0.1) is 5.82 Å². The lowest BCUT2D eigenvalue weighted by Gasteiger charge is -2.42. The van der Waals surface area contributed by atoms with Crippen LogP contribution in [-0.4, -0.2) is 55.6 Å². The van der Waals surface area contributed by atoms with E-state index < -0.39 is 21.6 Å². The minimum atomic E-state index is -1.61. The summed E-state index contributed by atoms with van der Waals surface area (Å²) < 4.78 is 57.9. The number of hydrogen-bond acceptors (Lipinski definition) is 7. The second-order valence-corrected chi connectivity index (χ2v) is 13.0. The van der Waals surface area contributed by atoms with Gasteiger partial charge in [0.05, 0.1) is 41.5 Å². The van der Waals surface area contributed by atoms with Gasteiger partial charge in [-0.05, 0) is 59.8 Å². The van der Waals surface area contributed by atoms with Gasteiger partial charge in [0.25, 0.3) is 6.02 Å². The molecular formula is C30H32F2I2N2O5. The van der Waals surface area contributed by atoms with E-state index in [-0.39, 0.29) is 28.6 Å². The second kappa shape index (κ2) is 13.6. The van der Waals surface area contributed by atoms with Crippen LogP contribution in [0.5, 0.6) is 23.0 Å². The molecule has 0 bridgehead atoms. The molecule has 1 aliphatic rings. The van der Waals surface area contributed by atoms with Gasteiger partial charge in [-0.25, -0.2) is 13.8 Å². The third kappa shape index (κ3) is 6.76. The van der Waals surface area contributed by atoms with Crippen LogP contribution in [0.15, 0.2) is 65.7 Å². The SMILES string of the molecule is COc1ccc(CN(Cc2ccc(OC)cc2OC)C2=N[C@](I)(c3ccccc3F)[C@@H](F)[C@@H]([C@H](C)I)O2)c(OC)c1. The van der Waals surface area contributed by atoms with Crippen LogP contribution in [0.3, 0.4) is 0 Å². The summed E-state index contributed by atoms with van der Waals surface area (Å²) in [6.45, 7) is 2.43. The van der Waals surface area contributed by atoms with Crippen LogP contribution in [0.4, 0.5) is 8.78 Å². The molecule has 7 nitrogen and oxygen atoms in total. The van der Waals surface area contributed by atoms with E-state index in [1.807, 2.05) is 58.7 Å². The van der Waals surface area contributed by atoms with Crippen LogP contribution < -0.4 is 18.9 Å². The van der Waals surface area contributed by atoms with E-state index in [4.69, 9.17) is 28.7 Å². The number of halogens is 4. The molecule has 220 valence electrons. The number of aliphatic imine (C=N–C) groups is 1. The first kappa shape index (κ1) is 31.4. The number of ether oxygens (including phenoxy) is 5. The van der Waals surface area contributed by atoms with E-state index in [1.54, 1.807) is 58.8 Å². The van der Waals surface area contributed by atoms with Gasteiger partial charge in [-0.3, -0.25) is 0 Å². The number of amidine groups is 1. The first-order valence-corrected chi connectivity index (χ1v) is 15.1. The summed E-state index contributed by atoms with van der Waals surface area (Å²) in [6, 6.07) is 17.4. The minimum absolute atomic E-state index is 0.153. The Morgan fingerprint density at radius 3 is 1.90 bits per heavy atom. The smallest absolute Gasteiger partial charge is 0.290 e. The summed E-state index contributed by atoms with van der Waals surface area (Å²) in [5.41, 5.74) is 1.79. The highest BCUT2D eigenvalue weighted by Crippen LogP contribution is 2.46. The molecule has 1 heterocycles. The number of benzene rings is 3. The Balaban J connectivity index is 1.87. The van der Waals surface area contributed by atoms with Gasteiger partial charge in [-0.15, -0.1) is 0 Å². The predicted octanol–water partition coefficient (Wildman–Crippen LogP) is 7.07. The molecule has 0 fully saturated rings.